The molecule has 0 aliphatic rings. The summed E-state index contributed by atoms with van der Waals surface area (Å²) in [6, 6.07) is 6.86. The van der Waals surface area contributed by atoms with Gasteiger partial charge in [0.15, 0.2) is 11.2 Å². The lowest BCUT2D eigenvalue weighted by Gasteiger charge is -2.13. The predicted molar refractivity (Wildman–Crippen MR) is 108 cm³/mol. The molecule has 0 radical (unpaired) electrons. The molecule has 0 aliphatic carbocycles. The summed E-state index contributed by atoms with van der Waals surface area (Å²) in [4.78, 5) is 42.6. The van der Waals surface area contributed by atoms with Gasteiger partial charge < -0.3 is 4.74 Å². The second-order valence-corrected chi connectivity index (χ2v) is 7.11. The lowest BCUT2D eigenvalue weighted by molar-refractivity contribution is -0.144. The first-order valence-electron chi connectivity index (χ1n) is 9.12. The van der Waals surface area contributed by atoms with Crippen LogP contribution in [0.5, 0.6) is 0 Å². The molecule has 0 spiro atoms. The standard InChI is InChI=1S/C20H21N5O4/c1-11-7-6-8-14(9-11)24-12(2)10-23-15-16(21-19(23)24)22(4)20(28)25(17(15)26)13(3)18(27)29-5/h6-10,13H,1-5H3. The van der Waals surface area contributed by atoms with Crippen LogP contribution in [0.15, 0.2) is 40.1 Å². The number of aromatic nitrogens is 5. The minimum atomic E-state index is -1.05. The number of hydrogen-bond donors (Lipinski definition) is 0. The summed E-state index contributed by atoms with van der Waals surface area (Å²) in [5.41, 5.74) is 2.14. The summed E-state index contributed by atoms with van der Waals surface area (Å²) < 4.78 is 10.5. The number of rotatable bonds is 3. The van der Waals surface area contributed by atoms with Gasteiger partial charge in [0.2, 0.25) is 5.78 Å². The van der Waals surface area contributed by atoms with Crippen molar-refractivity contribution in [1.29, 1.82) is 0 Å². The summed E-state index contributed by atoms with van der Waals surface area (Å²) in [6.07, 6.45) is 1.80. The molecule has 4 aromatic rings. The number of aryl methyl sites for hydroxylation is 3. The predicted octanol–water partition coefficient (Wildman–Crippen LogP) is 1.49. The van der Waals surface area contributed by atoms with E-state index in [1.165, 1.54) is 25.6 Å². The van der Waals surface area contributed by atoms with E-state index >= 15 is 0 Å². The monoisotopic (exact) mass is 395 g/mol. The smallest absolute Gasteiger partial charge is 0.333 e. The highest BCUT2D eigenvalue weighted by Crippen LogP contribution is 2.21. The molecule has 1 atom stereocenters. The van der Waals surface area contributed by atoms with Crippen LogP contribution >= 0.6 is 0 Å². The average Bonchev–Trinajstić information content (AvgIpc) is 3.20. The number of benzene rings is 1. The molecule has 1 unspecified atom stereocenters. The zero-order valence-electron chi connectivity index (χ0n) is 16.8. The largest absolute Gasteiger partial charge is 0.467 e. The maximum absolute atomic E-state index is 13.2. The molecule has 1 aromatic carbocycles. The summed E-state index contributed by atoms with van der Waals surface area (Å²) in [5, 5.41) is 0. The van der Waals surface area contributed by atoms with Crippen molar-refractivity contribution in [3.05, 3.63) is 62.6 Å². The molecule has 4 rings (SSSR count). The highest BCUT2D eigenvalue weighted by Gasteiger charge is 2.26. The fraction of sp³-hybridized carbons (Fsp3) is 0.300. The van der Waals surface area contributed by atoms with Gasteiger partial charge in [-0.3, -0.25) is 18.3 Å². The number of carbonyl (C=O) groups excluding carboxylic acids is 1. The number of imidazole rings is 2. The van der Waals surface area contributed by atoms with Gasteiger partial charge in [0.05, 0.1) is 7.11 Å². The van der Waals surface area contributed by atoms with Crippen LogP contribution in [0.4, 0.5) is 0 Å². The lowest BCUT2D eigenvalue weighted by atomic mass is 10.2. The molecule has 29 heavy (non-hydrogen) atoms. The molecule has 9 heteroatoms. The Hall–Kier alpha value is -3.62. The first kappa shape index (κ1) is 18.7. The third kappa shape index (κ3) is 2.61. The lowest BCUT2D eigenvalue weighted by Crippen LogP contribution is -2.43. The van der Waals surface area contributed by atoms with Crippen molar-refractivity contribution in [2.24, 2.45) is 7.05 Å². The van der Waals surface area contributed by atoms with Crippen molar-refractivity contribution in [3.8, 4) is 5.69 Å². The quantitative estimate of drug-likeness (QED) is 0.490. The van der Waals surface area contributed by atoms with Crippen molar-refractivity contribution in [2.45, 2.75) is 26.8 Å². The molecule has 0 aliphatic heterocycles. The van der Waals surface area contributed by atoms with E-state index in [1.807, 2.05) is 42.7 Å². The van der Waals surface area contributed by atoms with Crippen molar-refractivity contribution in [1.82, 2.24) is 23.1 Å². The molecule has 0 bridgehead atoms. The zero-order chi connectivity index (χ0) is 21.0. The topological polar surface area (TPSA) is 92.5 Å². The van der Waals surface area contributed by atoms with Crippen LogP contribution in [0.25, 0.3) is 22.6 Å². The Morgan fingerprint density at radius 1 is 1.21 bits per heavy atom. The Morgan fingerprint density at radius 3 is 2.59 bits per heavy atom. The van der Waals surface area contributed by atoms with Gasteiger partial charge in [-0.15, -0.1) is 0 Å². The molecule has 0 amide bonds. The van der Waals surface area contributed by atoms with E-state index in [1.54, 1.807) is 10.6 Å². The Bertz CT molecular complexity index is 1400. The maximum atomic E-state index is 13.2. The number of carbonyl (C=O) groups is 1. The Balaban J connectivity index is 2.12. The molecular formula is C20H21N5O4. The van der Waals surface area contributed by atoms with Crippen molar-refractivity contribution in [3.63, 3.8) is 0 Å². The Labute approximate surface area is 165 Å². The minimum Gasteiger partial charge on any atom is -0.467 e. The van der Waals surface area contributed by atoms with Gasteiger partial charge in [0.25, 0.3) is 5.56 Å². The third-order valence-electron chi connectivity index (χ3n) is 5.16. The van der Waals surface area contributed by atoms with Gasteiger partial charge in [-0.25, -0.2) is 14.2 Å². The number of hydrogen-bond acceptors (Lipinski definition) is 5. The van der Waals surface area contributed by atoms with E-state index in [-0.39, 0.29) is 11.2 Å². The molecular weight excluding hydrogens is 374 g/mol. The van der Waals surface area contributed by atoms with Crippen LogP contribution in [0.2, 0.25) is 0 Å². The Morgan fingerprint density at radius 2 is 1.93 bits per heavy atom. The van der Waals surface area contributed by atoms with Crippen molar-refractivity contribution >= 4 is 22.9 Å². The van der Waals surface area contributed by atoms with E-state index in [0.29, 0.717) is 5.78 Å². The number of methoxy groups -OCH3 is 1. The van der Waals surface area contributed by atoms with Crippen LogP contribution in [0, 0.1) is 13.8 Å². The minimum absolute atomic E-state index is 0.229. The normalized spacial score (nSPS) is 12.6. The van der Waals surface area contributed by atoms with Crippen LogP contribution < -0.4 is 11.2 Å². The fourth-order valence-electron chi connectivity index (χ4n) is 3.68. The number of nitrogens with zero attached hydrogens (tertiary/aromatic N) is 5. The van der Waals surface area contributed by atoms with E-state index in [4.69, 9.17) is 4.74 Å². The average molecular weight is 395 g/mol. The number of fused-ring (bicyclic) bond motifs is 3. The zero-order valence-corrected chi connectivity index (χ0v) is 16.8. The third-order valence-corrected chi connectivity index (χ3v) is 5.16. The molecule has 3 aromatic heterocycles. The first-order valence-corrected chi connectivity index (χ1v) is 9.12. The van der Waals surface area contributed by atoms with Crippen molar-refractivity contribution < 1.29 is 9.53 Å². The molecule has 3 heterocycles. The van der Waals surface area contributed by atoms with Gasteiger partial charge in [0, 0.05) is 24.6 Å². The highest BCUT2D eigenvalue weighted by atomic mass is 16.5. The van der Waals surface area contributed by atoms with Gasteiger partial charge in [-0.2, -0.15) is 4.98 Å². The summed E-state index contributed by atoms with van der Waals surface area (Å²) in [5.74, 6) is -0.156. The van der Waals surface area contributed by atoms with Gasteiger partial charge >= 0.3 is 11.7 Å². The van der Waals surface area contributed by atoms with Crippen LogP contribution in [0.3, 0.4) is 0 Å². The van der Waals surface area contributed by atoms with E-state index in [2.05, 4.69) is 4.98 Å². The molecule has 0 saturated heterocycles. The second-order valence-electron chi connectivity index (χ2n) is 7.11. The summed E-state index contributed by atoms with van der Waals surface area (Å²) >= 11 is 0. The molecule has 0 saturated carbocycles. The number of esters is 1. The van der Waals surface area contributed by atoms with E-state index < -0.39 is 23.3 Å². The Kier molecular flexibility index (Phi) is 4.18. The molecule has 0 fully saturated rings. The summed E-state index contributed by atoms with van der Waals surface area (Å²) in [6.45, 7) is 5.38. The van der Waals surface area contributed by atoms with E-state index in [9.17, 15) is 14.4 Å². The van der Waals surface area contributed by atoms with Crippen molar-refractivity contribution in [2.75, 3.05) is 7.11 Å². The first-order chi connectivity index (χ1) is 13.8. The van der Waals surface area contributed by atoms with E-state index in [0.717, 1.165) is 21.5 Å². The number of ether oxygens (including phenoxy) is 1. The second kappa shape index (κ2) is 6.47. The van der Waals surface area contributed by atoms with Gasteiger partial charge in [-0.05, 0) is 38.5 Å². The van der Waals surface area contributed by atoms with Crippen LogP contribution in [-0.4, -0.2) is 36.2 Å². The highest BCUT2D eigenvalue weighted by molar-refractivity contribution is 5.78. The van der Waals surface area contributed by atoms with Gasteiger partial charge in [0.1, 0.15) is 6.04 Å². The van der Waals surface area contributed by atoms with Crippen LogP contribution in [0.1, 0.15) is 24.2 Å². The molecule has 150 valence electrons. The van der Waals surface area contributed by atoms with Gasteiger partial charge in [-0.1, -0.05) is 12.1 Å². The fourth-order valence-corrected chi connectivity index (χ4v) is 3.68. The van der Waals surface area contributed by atoms with Crippen LogP contribution in [-0.2, 0) is 16.6 Å². The summed E-state index contributed by atoms with van der Waals surface area (Å²) in [7, 11) is 2.75. The molecule has 9 nitrogen and oxygen atoms in total. The molecule has 0 N–H and O–H groups in total. The maximum Gasteiger partial charge on any atom is 0.333 e. The SMILES string of the molecule is COC(=O)C(C)n1c(=O)c2c(nc3n(-c4cccc(C)c4)c(C)cn23)n(C)c1=O.